The topological polar surface area (TPSA) is 97.8 Å². The largest absolute Gasteiger partial charge is 0.595 e. The van der Waals surface area contributed by atoms with Gasteiger partial charge in [0.1, 0.15) is 11.6 Å². The van der Waals surface area contributed by atoms with Crippen LogP contribution in [0.3, 0.4) is 0 Å². The molecule has 1 rings (SSSR count). The molecule has 0 aliphatic rings. The van der Waals surface area contributed by atoms with Gasteiger partial charge in [0.05, 0.1) is 6.61 Å². The van der Waals surface area contributed by atoms with E-state index < -0.39 is 11.2 Å². The molecule has 0 aliphatic carbocycles. The summed E-state index contributed by atoms with van der Waals surface area (Å²) in [5, 5.41) is 27.6. The van der Waals surface area contributed by atoms with Crippen molar-refractivity contribution in [3.63, 3.8) is 0 Å². The van der Waals surface area contributed by atoms with Gasteiger partial charge in [-0.05, 0) is 19.1 Å². The van der Waals surface area contributed by atoms with Gasteiger partial charge in [0.25, 0.3) is 0 Å². The van der Waals surface area contributed by atoms with E-state index in [1.165, 1.54) is 18.2 Å². The van der Waals surface area contributed by atoms with Crippen LogP contribution in [0, 0.1) is 16.5 Å². The van der Waals surface area contributed by atoms with Crippen LogP contribution in [0.1, 0.15) is 12.5 Å². The molecule has 1 aromatic carbocycles. The van der Waals surface area contributed by atoms with Gasteiger partial charge in [-0.25, -0.2) is 10.0 Å². The lowest BCUT2D eigenvalue weighted by molar-refractivity contribution is -0.991. The van der Waals surface area contributed by atoms with Crippen molar-refractivity contribution < 1.29 is 20.0 Å². The fourth-order valence-corrected chi connectivity index (χ4v) is 1.32. The predicted molar refractivity (Wildman–Crippen MR) is 62.4 cm³/mol. The molecule has 1 unspecified atom stereocenters. The van der Waals surface area contributed by atoms with Gasteiger partial charge >= 0.3 is 5.97 Å². The molecule has 0 aliphatic heterocycles. The monoisotopic (exact) mass is 248 g/mol. The van der Waals surface area contributed by atoms with Gasteiger partial charge in [0.2, 0.25) is 0 Å². The smallest absolute Gasteiger partial charge is 0.348 e. The van der Waals surface area contributed by atoms with Crippen molar-refractivity contribution in [1.82, 2.24) is 0 Å². The third kappa shape index (κ3) is 3.40. The highest BCUT2D eigenvalue weighted by Crippen LogP contribution is 2.15. The number of ether oxygens (including phenoxy) is 1. The predicted octanol–water partition coefficient (Wildman–Crippen LogP) is 0.560. The Bertz CT molecular complexity index is 503. The van der Waals surface area contributed by atoms with Gasteiger partial charge in [0.15, 0.2) is 5.69 Å². The SMILES string of the molecule is CCOC(=O)/C(C#N)=C\c1ccccc1[NH+]([O-])O. The number of quaternary nitrogens is 1. The molecule has 18 heavy (non-hydrogen) atoms. The molecule has 94 valence electrons. The maximum Gasteiger partial charge on any atom is 0.348 e. The number of nitrogens with one attached hydrogen (secondary N) is 1. The molecule has 1 atom stereocenters. The molecule has 1 aromatic rings. The second-order valence-electron chi connectivity index (χ2n) is 3.28. The van der Waals surface area contributed by atoms with E-state index in [4.69, 9.17) is 15.2 Å². The zero-order valence-electron chi connectivity index (χ0n) is 9.71. The first-order valence-corrected chi connectivity index (χ1v) is 5.21. The summed E-state index contributed by atoms with van der Waals surface area (Å²) in [5.74, 6) is -0.764. The van der Waals surface area contributed by atoms with Crippen molar-refractivity contribution in [3.8, 4) is 6.07 Å². The molecular weight excluding hydrogens is 236 g/mol. The number of benzene rings is 1. The fourth-order valence-electron chi connectivity index (χ4n) is 1.32. The zero-order valence-corrected chi connectivity index (χ0v) is 9.71. The fraction of sp³-hybridized carbons (Fsp3) is 0.167. The lowest BCUT2D eigenvalue weighted by Crippen LogP contribution is -2.99. The molecule has 0 saturated heterocycles. The summed E-state index contributed by atoms with van der Waals surface area (Å²) in [7, 11) is 0. The highest BCUT2D eigenvalue weighted by Gasteiger charge is 2.13. The average Bonchev–Trinajstić information content (AvgIpc) is 2.36. The van der Waals surface area contributed by atoms with E-state index >= 15 is 0 Å². The normalized spacial score (nSPS) is 12.7. The van der Waals surface area contributed by atoms with Gasteiger partial charge in [-0.1, -0.05) is 12.1 Å². The number of carbonyl (C=O) groups is 1. The number of hydrogen-bond donors (Lipinski definition) is 2. The van der Waals surface area contributed by atoms with E-state index in [1.54, 1.807) is 25.1 Å². The van der Waals surface area contributed by atoms with Crippen LogP contribution in [-0.4, -0.2) is 17.8 Å². The van der Waals surface area contributed by atoms with E-state index in [9.17, 15) is 10.0 Å². The lowest BCUT2D eigenvalue weighted by atomic mass is 10.1. The Morgan fingerprint density at radius 3 is 2.83 bits per heavy atom. The molecule has 0 aromatic heterocycles. The second-order valence-corrected chi connectivity index (χ2v) is 3.28. The number of nitrogens with zero attached hydrogens (tertiary/aromatic N) is 1. The van der Waals surface area contributed by atoms with Crippen molar-refractivity contribution in [2.24, 2.45) is 0 Å². The second kappa shape index (κ2) is 6.51. The Balaban J connectivity index is 3.14. The molecule has 0 saturated carbocycles. The summed E-state index contributed by atoms with van der Waals surface area (Å²) in [6.07, 6.45) is 1.21. The maximum absolute atomic E-state index is 11.4. The van der Waals surface area contributed by atoms with E-state index in [-0.39, 0.29) is 23.4 Å². The number of hydrogen-bond acceptors (Lipinski definition) is 5. The van der Waals surface area contributed by atoms with E-state index in [1.807, 2.05) is 0 Å². The number of esters is 1. The summed E-state index contributed by atoms with van der Waals surface area (Å²) in [5.41, 5.74) is 0.0784. The van der Waals surface area contributed by atoms with Crippen LogP contribution in [0.5, 0.6) is 0 Å². The van der Waals surface area contributed by atoms with Crippen LogP contribution < -0.4 is 5.23 Å². The Morgan fingerprint density at radius 2 is 2.28 bits per heavy atom. The molecule has 0 heterocycles. The molecule has 0 bridgehead atoms. The molecule has 2 N–H and O–H groups in total. The van der Waals surface area contributed by atoms with Crippen LogP contribution in [0.2, 0.25) is 0 Å². The third-order valence-corrected chi connectivity index (χ3v) is 2.11. The molecule has 0 amide bonds. The van der Waals surface area contributed by atoms with Gasteiger partial charge in [-0.3, -0.25) is 0 Å². The highest BCUT2D eigenvalue weighted by molar-refractivity contribution is 5.98. The van der Waals surface area contributed by atoms with Crippen LogP contribution in [0.25, 0.3) is 6.08 Å². The summed E-state index contributed by atoms with van der Waals surface area (Å²) in [4.78, 5) is 11.4. The number of rotatable bonds is 4. The van der Waals surface area contributed by atoms with Crippen LogP contribution >= 0.6 is 0 Å². The van der Waals surface area contributed by atoms with Crippen molar-refractivity contribution >= 4 is 17.7 Å². The molecule has 6 heteroatoms. The van der Waals surface area contributed by atoms with Crippen molar-refractivity contribution in [1.29, 1.82) is 5.26 Å². The van der Waals surface area contributed by atoms with E-state index in [2.05, 4.69) is 0 Å². The highest BCUT2D eigenvalue weighted by atomic mass is 16.8. The summed E-state index contributed by atoms with van der Waals surface area (Å²) in [6, 6.07) is 7.80. The molecule has 6 nitrogen and oxygen atoms in total. The number of nitriles is 1. The van der Waals surface area contributed by atoms with E-state index in [0.29, 0.717) is 0 Å². The van der Waals surface area contributed by atoms with Crippen molar-refractivity contribution in [2.45, 2.75) is 6.92 Å². The van der Waals surface area contributed by atoms with Crippen molar-refractivity contribution in [2.75, 3.05) is 6.61 Å². The molecular formula is C12H12N2O4. The Morgan fingerprint density at radius 1 is 1.61 bits per heavy atom. The van der Waals surface area contributed by atoms with Crippen LogP contribution in [0.15, 0.2) is 29.8 Å². The number of para-hydroxylation sites is 1. The first kappa shape index (κ1) is 13.9. The summed E-state index contributed by atoms with van der Waals surface area (Å²) >= 11 is 0. The van der Waals surface area contributed by atoms with E-state index in [0.717, 1.165) is 0 Å². The minimum Gasteiger partial charge on any atom is -0.595 e. The molecule has 0 radical (unpaired) electrons. The standard InChI is InChI=1S/C12H12N2O4/c1-2-18-12(15)10(8-13)7-9-5-3-4-6-11(9)14(16)17/h3-7,14,16H,2H2,1H3/b10-7-. The average molecular weight is 248 g/mol. The van der Waals surface area contributed by atoms with Gasteiger partial charge in [-0.15, -0.1) is 0 Å². The zero-order chi connectivity index (χ0) is 13.5. The summed E-state index contributed by atoms with van der Waals surface area (Å²) < 4.78 is 4.69. The Hall–Kier alpha value is -2.20. The first-order chi connectivity index (χ1) is 8.60. The minimum atomic E-state index is -1.12. The maximum atomic E-state index is 11.4. The van der Waals surface area contributed by atoms with Gasteiger partial charge < -0.3 is 9.94 Å². The lowest BCUT2D eigenvalue weighted by Gasteiger charge is -2.13. The van der Waals surface area contributed by atoms with Crippen molar-refractivity contribution in [3.05, 3.63) is 40.6 Å². The third-order valence-electron chi connectivity index (χ3n) is 2.11. The minimum absolute atomic E-state index is 0.0227. The Labute approximate surface area is 104 Å². The van der Waals surface area contributed by atoms with Gasteiger partial charge in [-0.2, -0.15) is 10.5 Å². The quantitative estimate of drug-likeness (QED) is 0.351. The van der Waals surface area contributed by atoms with Crippen LogP contribution in [0.4, 0.5) is 5.69 Å². The van der Waals surface area contributed by atoms with Crippen LogP contribution in [-0.2, 0) is 9.53 Å². The molecule has 0 fully saturated rings. The first-order valence-electron chi connectivity index (χ1n) is 5.21. The molecule has 0 spiro atoms. The number of carbonyl (C=O) groups excluding carboxylic acids is 1. The van der Waals surface area contributed by atoms with Gasteiger partial charge in [0, 0.05) is 11.6 Å². The Kier molecular flexibility index (Phi) is 5.02. The summed E-state index contributed by atoms with van der Waals surface area (Å²) in [6.45, 7) is 1.77.